The van der Waals surface area contributed by atoms with E-state index in [1.54, 1.807) is 0 Å². The first-order valence-corrected chi connectivity index (χ1v) is 7.84. The second kappa shape index (κ2) is 7.20. The van der Waals surface area contributed by atoms with E-state index in [9.17, 15) is 13.9 Å². The highest BCUT2D eigenvalue weighted by Crippen LogP contribution is 2.28. The van der Waals surface area contributed by atoms with Crippen molar-refractivity contribution in [2.24, 2.45) is 0 Å². The first-order valence-electron chi connectivity index (χ1n) is 6.06. The maximum Gasteiger partial charge on any atom is 0.162 e. The molecule has 2 aromatic carbocycles. The summed E-state index contributed by atoms with van der Waals surface area (Å²) in [4.78, 5) is 1.01. The molecule has 5 heteroatoms. The van der Waals surface area contributed by atoms with Crippen molar-refractivity contribution in [3.8, 4) is 0 Å². The molecule has 20 heavy (non-hydrogen) atoms. The van der Waals surface area contributed by atoms with Crippen LogP contribution in [0.4, 0.5) is 8.78 Å². The summed E-state index contributed by atoms with van der Waals surface area (Å²) in [5.41, 5.74) is 0.199. The Labute approximate surface area is 129 Å². The summed E-state index contributed by atoms with van der Waals surface area (Å²) in [6.07, 6.45) is -0.635. The molecule has 0 radical (unpaired) electrons. The molecule has 0 amide bonds. The van der Waals surface area contributed by atoms with Gasteiger partial charge in [0.1, 0.15) is 0 Å². The van der Waals surface area contributed by atoms with Crippen molar-refractivity contribution in [3.63, 3.8) is 0 Å². The van der Waals surface area contributed by atoms with Crippen LogP contribution >= 0.6 is 27.7 Å². The first-order chi connectivity index (χ1) is 9.58. The molecular formula is C15H13BrF2OS. The Hall–Kier alpha value is -0.910. The molecule has 1 atom stereocenters. The third kappa shape index (κ3) is 4.04. The third-order valence-electron chi connectivity index (χ3n) is 2.75. The van der Waals surface area contributed by atoms with E-state index < -0.39 is 17.7 Å². The van der Waals surface area contributed by atoms with Crippen molar-refractivity contribution >= 4 is 27.7 Å². The van der Waals surface area contributed by atoms with Crippen molar-refractivity contribution in [2.45, 2.75) is 17.4 Å². The zero-order valence-corrected chi connectivity index (χ0v) is 12.9. The molecule has 1 unspecified atom stereocenters. The highest BCUT2D eigenvalue weighted by molar-refractivity contribution is 9.10. The third-order valence-corrected chi connectivity index (χ3v) is 4.93. The molecule has 0 heterocycles. The molecule has 2 rings (SSSR count). The van der Waals surface area contributed by atoms with E-state index in [1.165, 1.54) is 23.9 Å². The van der Waals surface area contributed by atoms with Crippen LogP contribution in [0.25, 0.3) is 0 Å². The number of halogens is 3. The molecular weight excluding hydrogens is 346 g/mol. The average molecular weight is 359 g/mol. The Morgan fingerprint density at radius 2 is 1.85 bits per heavy atom. The Balaban J connectivity index is 1.94. The van der Waals surface area contributed by atoms with Crippen molar-refractivity contribution in [1.82, 2.24) is 0 Å². The quantitative estimate of drug-likeness (QED) is 0.798. The second-order valence-corrected chi connectivity index (χ2v) is 6.23. The van der Waals surface area contributed by atoms with E-state index in [-0.39, 0.29) is 12.0 Å². The van der Waals surface area contributed by atoms with Crippen molar-refractivity contribution in [1.29, 1.82) is 0 Å². The van der Waals surface area contributed by atoms with Gasteiger partial charge in [0.25, 0.3) is 0 Å². The summed E-state index contributed by atoms with van der Waals surface area (Å²) in [5.74, 6) is -1.34. The van der Waals surface area contributed by atoms with Crippen LogP contribution in [0.15, 0.2) is 51.8 Å². The SMILES string of the molecule is OC(CSc1ccccc1Br)Cc1cccc(F)c1F. The van der Waals surface area contributed by atoms with Crippen molar-refractivity contribution in [2.75, 3.05) is 5.75 Å². The minimum atomic E-state index is -0.881. The van der Waals surface area contributed by atoms with Gasteiger partial charge in [0.2, 0.25) is 0 Å². The maximum absolute atomic E-state index is 13.5. The first kappa shape index (κ1) is 15.5. The van der Waals surface area contributed by atoms with Gasteiger partial charge < -0.3 is 5.11 Å². The van der Waals surface area contributed by atoms with Crippen molar-refractivity contribution in [3.05, 3.63) is 64.1 Å². The molecule has 1 nitrogen and oxygen atoms in total. The van der Waals surface area contributed by atoms with Gasteiger partial charge in [-0.05, 0) is 39.7 Å². The maximum atomic E-state index is 13.5. The summed E-state index contributed by atoms with van der Waals surface area (Å²) in [6.45, 7) is 0. The van der Waals surface area contributed by atoms with Gasteiger partial charge in [-0.2, -0.15) is 0 Å². The lowest BCUT2D eigenvalue weighted by Gasteiger charge is -2.12. The van der Waals surface area contributed by atoms with Gasteiger partial charge >= 0.3 is 0 Å². The fourth-order valence-corrected chi connectivity index (χ4v) is 3.27. The smallest absolute Gasteiger partial charge is 0.162 e. The average Bonchev–Trinajstić information content (AvgIpc) is 2.43. The van der Waals surface area contributed by atoms with Gasteiger partial charge in [0.15, 0.2) is 11.6 Å². The molecule has 106 valence electrons. The molecule has 1 N–H and O–H groups in total. The van der Waals surface area contributed by atoms with E-state index >= 15 is 0 Å². The molecule has 0 fully saturated rings. The van der Waals surface area contributed by atoms with Crippen LogP contribution in [0, 0.1) is 11.6 Å². The minimum absolute atomic E-state index is 0.0983. The molecule has 0 saturated heterocycles. The van der Waals surface area contributed by atoms with Crippen LogP contribution in [0.3, 0.4) is 0 Å². The van der Waals surface area contributed by atoms with Gasteiger partial charge in [-0.3, -0.25) is 0 Å². The van der Waals surface area contributed by atoms with Gasteiger partial charge in [0, 0.05) is 21.5 Å². The Morgan fingerprint density at radius 1 is 1.10 bits per heavy atom. The van der Waals surface area contributed by atoms with E-state index in [1.807, 2.05) is 24.3 Å². The Kier molecular flexibility index (Phi) is 5.57. The lowest BCUT2D eigenvalue weighted by Crippen LogP contribution is -2.15. The van der Waals surface area contributed by atoms with Crippen LogP contribution < -0.4 is 0 Å². The van der Waals surface area contributed by atoms with Crippen LogP contribution in [0.2, 0.25) is 0 Å². The molecule has 0 aliphatic heterocycles. The summed E-state index contributed by atoms with van der Waals surface area (Å²) in [7, 11) is 0. The molecule has 0 aromatic heterocycles. The largest absolute Gasteiger partial charge is 0.392 e. The zero-order valence-electron chi connectivity index (χ0n) is 10.5. The number of hydrogen-bond acceptors (Lipinski definition) is 2. The topological polar surface area (TPSA) is 20.2 Å². The molecule has 2 aromatic rings. The monoisotopic (exact) mass is 358 g/mol. The fourth-order valence-electron chi connectivity index (χ4n) is 1.77. The van der Waals surface area contributed by atoms with Gasteiger partial charge in [0.05, 0.1) is 6.10 Å². The number of aliphatic hydroxyl groups excluding tert-OH is 1. The number of benzene rings is 2. The summed E-state index contributed by atoms with van der Waals surface area (Å²) in [5, 5.41) is 9.94. The van der Waals surface area contributed by atoms with Gasteiger partial charge in [-0.15, -0.1) is 11.8 Å². The van der Waals surface area contributed by atoms with E-state index in [2.05, 4.69) is 15.9 Å². The lowest BCUT2D eigenvalue weighted by molar-refractivity contribution is 0.198. The Bertz CT molecular complexity index is 592. The van der Waals surface area contributed by atoms with Crippen molar-refractivity contribution < 1.29 is 13.9 Å². The highest BCUT2D eigenvalue weighted by atomic mass is 79.9. The normalized spacial score (nSPS) is 12.4. The van der Waals surface area contributed by atoms with Crippen LogP contribution in [0.5, 0.6) is 0 Å². The number of aliphatic hydroxyl groups is 1. The Morgan fingerprint density at radius 3 is 2.60 bits per heavy atom. The number of thioether (sulfide) groups is 1. The lowest BCUT2D eigenvalue weighted by atomic mass is 10.1. The van der Waals surface area contributed by atoms with E-state index in [0.29, 0.717) is 5.75 Å². The minimum Gasteiger partial charge on any atom is -0.392 e. The standard InChI is InChI=1S/C15H13BrF2OS/c16-12-5-1-2-7-14(12)20-9-11(19)8-10-4-3-6-13(17)15(10)18/h1-7,11,19H,8-9H2. The van der Waals surface area contributed by atoms with E-state index in [4.69, 9.17) is 0 Å². The molecule has 0 spiro atoms. The summed E-state index contributed by atoms with van der Waals surface area (Å²) < 4.78 is 27.5. The zero-order chi connectivity index (χ0) is 14.5. The van der Waals surface area contributed by atoms with Crippen LogP contribution in [-0.4, -0.2) is 17.0 Å². The van der Waals surface area contributed by atoms with Gasteiger partial charge in [-0.1, -0.05) is 24.3 Å². The second-order valence-electron chi connectivity index (χ2n) is 4.31. The summed E-state index contributed by atoms with van der Waals surface area (Å²) >= 11 is 4.89. The predicted octanol–water partition coefficient (Wildman–Crippen LogP) is 4.42. The van der Waals surface area contributed by atoms with Crippen LogP contribution in [0.1, 0.15) is 5.56 Å². The number of rotatable bonds is 5. The number of hydrogen-bond donors (Lipinski definition) is 1. The van der Waals surface area contributed by atoms with Crippen LogP contribution in [-0.2, 0) is 6.42 Å². The van der Waals surface area contributed by atoms with E-state index in [0.717, 1.165) is 15.4 Å². The van der Waals surface area contributed by atoms with Gasteiger partial charge in [-0.25, -0.2) is 8.78 Å². The summed E-state index contributed by atoms with van der Waals surface area (Å²) in [6, 6.07) is 11.7. The molecule has 0 aliphatic carbocycles. The fraction of sp³-hybridized carbons (Fsp3) is 0.200. The highest BCUT2D eigenvalue weighted by Gasteiger charge is 2.13. The molecule has 0 aliphatic rings. The molecule has 0 saturated carbocycles. The molecule has 0 bridgehead atoms. The predicted molar refractivity (Wildman–Crippen MR) is 80.9 cm³/mol.